The van der Waals surface area contributed by atoms with Crippen LogP contribution < -0.4 is 4.90 Å². The number of ketones is 1. The molecule has 1 atom stereocenters. The van der Waals surface area contributed by atoms with Gasteiger partial charge in [0, 0.05) is 11.6 Å². The first-order valence-corrected chi connectivity index (χ1v) is 9.95. The highest BCUT2D eigenvalue weighted by atomic mass is 16.5. The first kappa shape index (κ1) is 21.3. The lowest BCUT2D eigenvalue weighted by Crippen LogP contribution is -2.31. The fourth-order valence-electron chi connectivity index (χ4n) is 3.54. The fraction of sp³-hybridized carbons (Fsp3) is 0.292. The van der Waals surface area contributed by atoms with E-state index in [1.165, 1.54) is 4.90 Å². The zero-order valence-electron chi connectivity index (χ0n) is 17.3. The second-order valence-corrected chi connectivity index (χ2v) is 7.42. The maximum Gasteiger partial charge on any atom is 0.310 e. The van der Waals surface area contributed by atoms with Crippen LogP contribution in [0.2, 0.25) is 0 Å². The number of carbonyl (C=O) groups is 3. The quantitative estimate of drug-likeness (QED) is 0.704. The van der Waals surface area contributed by atoms with Crippen molar-refractivity contribution in [1.29, 1.82) is 0 Å². The lowest BCUT2D eigenvalue weighted by atomic mass is 9.91. The molecule has 2 aromatic carbocycles. The number of ether oxygens (including phenoxy) is 1. The summed E-state index contributed by atoms with van der Waals surface area (Å²) in [6.07, 6.45) is 0.130. The van der Waals surface area contributed by atoms with Crippen LogP contribution in [0, 0.1) is 5.92 Å². The molecule has 1 aliphatic rings. The molecule has 0 radical (unpaired) electrons. The number of hydrogen-bond donors (Lipinski definition) is 1. The molecule has 0 bridgehead atoms. The van der Waals surface area contributed by atoms with Gasteiger partial charge in [-0.1, -0.05) is 56.3 Å². The molecule has 6 nitrogen and oxygen atoms in total. The monoisotopic (exact) mass is 407 g/mol. The molecular weight excluding hydrogens is 382 g/mol. The van der Waals surface area contributed by atoms with Gasteiger partial charge in [0.15, 0.2) is 11.5 Å². The Hall–Kier alpha value is -3.41. The minimum Gasteiger partial charge on any atom is -0.503 e. The van der Waals surface area contributed by atoms with Crippen LogP contribution in [-0.4, -0.2) is 29.4 Å². The highest BCUT2D eigenvalue weighted by Gasteiger charge is 2.44. The summed E-state index contributed by atoms with van der Waals surface area (Å²) in [5.74, 6) is -2.10. The largest absolute Gasteiger partial charge is 0.503 e. The van der Waals surface area contributed by atoms with Gasteiger partial charge in [-0.05, 0) is 30.2 Å². The number of Topliss-reactive ketones (excluding diaryl/α,β-unsaturated/α-hetero) is 1. The van der Waals surface area contributed by atoms with Gasteiger partial charge in [0.2, 0.25) is 0 Å². The summed E-state index contributed by atoms with van der Waals surface area (Å²) in [5, 5.41) is 10.6. The molecule has 1 unspecified atom stereocenters. The van der Waals surface area contributed by atoms with E-state index in [-0.39, 0.29) is 29.7 Å². The molecule has 3 rings (SSSR count). The first-order valence-electron chi connectivity index (χ1n) is 9.95. The Labute approximate surface area is 175 Å². The van der Waals surface area contributed by atoms with Gasteiger partial charge in [-0.15, -0.1) is 0 Å². The number of nitrogens with zero attached hydrogens (tertiary/aromatic N) is 1. The second kappa shape index (κ2) is 8.95. The van der Waals surface area contributed by atoms with Gasteiger partial charge in [0.05, 0.1) is 24.6 Å². The summed E-state index contributed by atoms with van der Waals surface area (Å²) in [7, 11) is 0. The number of anilines is 1. The van der Waals surface area contributed by atoms with Crippen molar-refractivity contribution in [2.45, 2.75) is 33.2 Å². The van der Waals surface area contributed by atoms with Crippen molar-refractivity contribution >= 4 is 23.3 Å². The third kappa shape index (κ3) is 4.13. The molecule has 30 heavy (non-hydrogen) atoms. The standard InChI is InChI=1S/C24H25NO5/c1-4-30-19(26)14-16-10-12-18(13-11-16)25-21(17-8-6-5-7-9-17)20(22(27)15(2)3)23(28)24(25)29/h5-13,15,21,28H,4,14H2,1-3H3. The summed E-state index contributed by atoms with van der Waals surface area (Å²) < 4.78 is 4.96. The van der Waals surface area contributed by atoms with Gasteiger partial charge in [-0.25, -0.2) is 0 Å². The van der Waals surface area contributed by atoms with E-state index in [1.807, 2.05) is 30.3 Å². The van der Waals surface area contributed by atoms with Crippen molar-refractivity contribution < 1.29 is 24.2 Å². The molecule has 0 aromatic heterocycles. The van der Waals surface area contributed by atoms with Gasteiger partial charge < -0.3 is 9.84 Å². The van der Waals surface area contributed by atoms with Crippen molar-refractivity contribution in [2.24, 2.45) is 5.92 Å². The smallest absolute Gasteiger partial charge is 0.310 e. The number of benzene rings is 2. The molecule has 0 fully saturated rings. The first-order chi connectivity index (χ1) is 14.3. The van der Waals surface area contributed by atoms with Crippen LogP contribution in [0.3, 0.4) is 0 Å². The Morgan fingerprint density at radius 3 is 2.27 bits per heavy atom. The van der Waals surface area contributed by atoms with E-state index < -0.39 is 17.7 Å². The summed E-state index contributed by atoms with van der Waals surface area (Å²) in [6.45, 7) is 5.54. The summed E-state index contributed by atoms with van der Waals surface area (Å²) in [4.78, 5) is 38.9. The zero-order chi connectivity index (χ0) is 21.8. The normalized spacial score (nSPS) is 16.3. The molecule has 0 saturated heterocycles. The van der Waals surface area contributed by atoms with Crippen LogP contribution in [0.25, 0.3) is 0 Å². The van der Waals surface area contributed by atoms with Crippen molar-refractivity contribution in [3.8, 4) is 0 Å². The molecule has 0 aliphatic carbocycles. The van der Waals surface area contributed by atoms with Crippen LogP contribution in [0.15, 0.2) is 65.9 Å². The second-order valence-electron chi connectivity index (χ2n) is 7.42. The summed E-state index contributed by atoms with van der Waals surface area (Å²) in [5.41, 5.74) is 2.11. The Morgan fingerprint density at radius 2 is 1.70 bits per heavy atom. The molecule has 1 heterocycles. The number of aliphatic hydroxyl groups is 1. The zero-order valence-corrected chi connectivity index (χ0v) is 17.3. The van der Waals surface area contributed by atoms with Crippen molar-refractivity contribution in [1.82, 2.24) is 0 Å². The van der Waals surface area contributed by atoms with E-state index in [0.717, 1.165) is 11.1 Å². The molecule has 1 N–H and O–H groups in total. The number of rotatable bonds is 7. The summed E-state index contributed by atoms with van der Waals surface area (Å²) in [6, 6.07) is 15.3. The van der Waals surface area contributed by atoms with Crippen molar-refractivity contribution in [2.75, 3.05) is 11.5 Å². The number of esters is 1. The van der Waals surface area contributed by atoms with Crippen LogP contribution in [0.1, 0.15) is 37.9 Å². The fourth-order valence-corrected chi connectivity index (χ4v) is 3.54. The Kier molecular flexibility index (Phi) is 6.35. The Morgan fingerprint density at radius 1 is 1.07 bits per heavy atom. The highest BCUT2D eigenvalue weighted by Crippen LogP contribution is 2.41. The predicted molar refractivity (Wildman–Crippen MR) is 113 cm³/mol. The number of amides is 1. The van der Waals surface area contributed by atoms with Gasteiger partial charge >= 0.3 is 5.97 Å². The predicted octanol–water partition coefficient (Wildman–Crippen LogP) is 3.92. The third-order valence-corrected chi connectivity index (χ3v) is 4.98. The minimum absolute atomic E-state index is 0.108. The molecular formula is C24H25NO5. The Bertz CT molecular complexity index is 976. The topological polar surface area (TPSA) is 83.9 Å². The van der Waals surface area contributed by atoms with Gasteiger partial charge in [0.1, 0.15) is 0 Å². The number of aliphatic hydroxyl groups excluding tert-OH is 1. The van der Waals surface area contributed by atoms with Gasteiger partial charge in [-0.2, -0.15) is 0 Å². The lowest BCUT2D eigenvalue weighted by molar-refractivity contribution is -0.142. The number of hydrogen-bond acceptors (Lipinski definition) is 5. The van der Waals surface area contributed by atoms with Gasteiger partial charge in [0.25, 0.3) is 5.91 Å². The summed E-state index contributed by atoms with van der Waals surface area (Å²) >= 11 is 0. The lowest BCUT2D eigenvalue weighted by Gasteiger charge is -2.27. The average molecular weight is 407 g/mol. The van der Waals surface area contributed by atoms with Crippen LogP contribution >= 0.6 is 0 Å². The Balaban J connectivity index is 2.00. The SMILES string of the molecule is CCOC(=O)Cc1ccc(N2C(=O)C(O)=C(C(=O)C(C)C)C2c2ccccc2)cc1. The van der Waals surface area contributed by atoms with E-state index in [0.29, 0.717) is 12.3 Å². The van der Waals surface area contributed by atoms with E-state index in [4.69, 9.17) is 4.74 Å². The van der Waals surface area contributed by atoms with E-state index in [9.17, 15) is 19.5 Å². The average Bonchev–Trinajstić information content (AvgIpc) is 2.99. The van der Waals surface area contributed by atoms with E-state index in [2.05, 4.69) is 0 Å². The molecule has 156 valence electrons. The molecule has 2 aromatic rings. The van der Waals surface area contributed by atoms with Crippen LogP contribution in [0.5, 0.6) is 0 Å². The molecule has 1 aliphatic heterocycles. The van der Waals surface area contributed by atoms with Gasteiger partial charge in [-0.3, -0.25) is 19.3 Å². The van der Waals surface area contributed by atoms with Crippen LogP contribution in [-0.2, 0) is 25.5 Å². The molecule has 0 saturated carbocycles. The third-order valence-electron chi connectivity index (χ3n) is 4.98. The van der Waals surface area contributed by atoms with Crippen LogP contribution in [0.4, 0.5) is 5.69 Å². The maximum atomic E-state index is 13.0. The number of carbonyl (C=O) groups excluding carboxylic acids is 3. The minimum atomic E-state index is -0.718. The molecule has 1 amide bonds. The van der Waals surface area contributed by atoms with E-state index >= 15 is 0 Å². The molecule has 0 spiro atoms. The molecule has 6 heteroatoms. The maximum absolute atomic E-state index is 13.0. The van der Waals surface area contributed by atoms with E-state index in [1.54, 1.807) is 45.0 Å². The van der Waals surface area contributed by atoms with Crippen molar-refractivity contribution in [3.05, 3.63) is 77.1 Å². The highest BCUT2D eigenvalue weighted by molar-refractivity contribution is 6.16. The van der Waals surface area contributed by atoms with Crippen molar-refractivity contribution in [3.63, 3.8) is 0 Å².